The van der Waals surface area contributed by atoms with Crippen LogP contribution in [-0.4, -0.2) is 32.4 Å². The van der Waals surface area contributed by atoms with Crippen molar-refractivity contribution in [1.82, 2.24) is 0 Å². The van der Waals surface area contributed by atoms with Crippen LogP contribution in [0.3, 0.4) is 0 Å². The molecule has 0 amide bonds. The number of halogens is 1. The van der Waals surface area contributed by atoms with Gasteiger partial charge >= 0.3 is 0 Å². The van der Waals surface area contributed by atoms with Crippen molar-refractivity contribution in [1.29, 1.82) is 0 Å². The average molecular weight is 376 g/mol. The van der Waals surface area contributed by atoms with Crippen LogP contribution in [0.5, 0.6) is 0 Å². The van der Waals surface area contributed by atoms with Crippen molar-refractivity contribution in [2.45, 2.75) is 19.5 Å². The summed E-state index contributed by atoms with van der Waals surface area (Å²) in [7, 11) is 0. The summed E-state index contributed by atoms with van der Waals surface area (Å²) in [5, 5.41) is 0. The van der Waals surface area contributed by atoms with Crippen LogP contribution in [0.4, 0.5) is 0 Å². The Morgan fingerprint density at radius 3 is 2.26 bits per heavy atom. The van der Waals surface area contributed by atoms with Crippen molar-refractivity contribution in [2.75, 3.05) is 26.4 Å². The summed E-state index contributed by atoms with van der Waals surface area (Å²) >= 11 is 2.29. The molecule has 3 aliphatic rings. The Kier molecular flexibility index (Phi) is 3.83. The molecule has 0 spiro atoms. The predicted molar refractivity (Wildman–Crippen MR) is 77.5 cm³/mol. The number of hydrogen-bond donors (Lipinski definition) is 0. The van der Waals surface area contributed by atoms with E-state index in [2.05, 4.69) is 46.9 Å². The largest absolute Gasteiger partial charge is 0.376 e. The standard InChI is InChI=1S/C14H17IO4/c1-13-17-8-14(9-18-13,10-19-13)7-16-6-11-2-4-12(15)5-3-11/h2-5H,6-10H2,1H3. The summed E-state index contributed by atoms with van der Waals surface area (Å²) in [5.74, 6) is -0.835. The zero-order valence-electron chi connectivity index (χ0n) is 10.9. The van der Waals surface area contributed by atoms with E-state index in [1.54, 1.807) is 0 Å². The maximum Gasteiger partial charge on any atom is 0.279 e. The van der Waals surface area contributed by atoms with E-state index in [-0.39, 0.29) is 5.41 Å². The summed E-state index contributed by atoms with van der Waals surface area (Å²) in [6.45, 7) is 4.91. The van der Waals surface area contributed by atoms with E-state index in [0.717, 1.165) is 0 Å². The lowest BCUT2D eigenvalue weighted by molar-refractivity contribution is -0.462. The van der Waals surface area contributed by atoms with Gasteiger partial charge in [-0.3, -0.25) is 0 Å². The molecule has 19 heavy (non-hydrogen) atoms. The van der Waals surface area contributed by atoms with Gasteiger partial charge in [-0.1, -0.05) is 12.1 Å². The summed E-state index contributed by atoms with van der Waals surface area (Å²) in [4.78, 5) is 0. The Balaban J connectivity index is 1.51. The minimum absolute atomic E-state index is 0.152. The second-order valence-corrected chi connectivity index (χ2v) is 6.59. The van der Waals surface area contributed by atoms with E-state index in [9.17, 15) is 0 Å². The first kappa shape index (κ1) is 13.8. The van der Waals surface area contributed by atoms with Crippen molar-refractivity contribution in [2.24, 2.45) is 5.41 Å². The first-order valence-corrected chi connectivity index (χ1v) is 7.41. The fourth-order valence-electron chi connectivity index (χ4n) is 2.19. The third-order valence-corrected chi connectivity index (χ3v) is 4.23. The normalized spacial score (nSPS) is 33.6. The molecule has 3 aliphatic heterocycles. The molecule has 0 N–H and O–H groups in total. The fraction of sp³-hybridized carbons (Fsp3) is 0.571. The van der Waals surface area contributed by atoms with E-state index in [1.165, 1.54) is 9.13 Å². The highest BCUT2D eigenvalue weighted by molar-refractivity contribution is 14.1. The zero-order chi connectivity index (χ0) is 13.3. The first-order valence-electron chi connectivity index (χ1n) is 6.33. The van der Waals surface area contributed by atoms with Gasteiger partial charge in [-0.25, -0.2) is 0 Å². The van der Waals surface area contributed by atoms with Crippen molar-refractivity contribution in [3.63, 3.8) is 0 Å². The third kappa shape index (κ3) is 3.11. The van der Waals surface area contributed by atoms with Crippen LogP contribution in [0.2, 0.25) is 0 Å². The topological polar surface area (TPSA) is 36.9 Å². The lowest BCUT2D eigenvalue weighted by atomic mass is 9.90. The van der Waals surface area contributed by atoms with Crippen LogP contribution >= 0.6 is 22.6 Å². The van der Waals surface area contributed by atoms with Gasteiger partial charge in [0, 0.05) is 10.5 Å². The molecule has 3 heterocycles. The molecule has 0 saturated carbocycles. The van der Waals surface area contributed by atoms with Gasteiger partial charge < -0.3 is 18.9 Å². The van der Waals surface area contributed by atoms with Gasteiger partial charge in [0.05, 0.1) is 38.4 Å². The molecule has 0 aromatic heterocycles. The molecule has 3 saturated heterocycles. The van der Waals surface area contributed by atoms with Crippen molar-refractivity contribution >= 4 is 22.6 Å². The Morgan fingerprint density at radius 1 is 1.11 bits per heavy atom. The van der Waals surface area contributed by atoms with Crippen molar-refractivity contribution in [3.8, 4) is 0 Å². The Labute approximate surface area is 126 Å². The molecule has 4 nitrogen and oxygen atoms in total. The van der Waals surface area contributed by atoms with Crippen molar-refractivity contribution < 1.29 is 18.9 Å². The minimum Gasteiger partial charge on any atom is -0.376 e. The number of fused-ring (bicyclic) bond motifs is 3. The maximum absolute atomic E-state index is 5.81. The fourth-order valence-corrected chi connectivity index (χ4v) is 2.55. The van der Waals surface area contributed by atoms with E-state index < -0.39 is 5.97 Å². The lowest BCUT2D eigenvalue weighted by Crippen LogP contribution is -2.60. The number of ether oxygens (including phenoxy) is 4. The van der Waals surface area contributed by atoms with Gasteiger partial charge in [0.2, 0.25) is 0 Å². The highest BCUT2D eigenvalue weighted by atomic mass is 127. The summed E-state index contributed by atoms with van der Waals surface area (Å²) < 4.78 is 23.7. The zero-order valence-corrected chi connectivity index (χ0v) is 13.0. The van der Waals surface area contributed by atoms with Gasteiger partial charge in [-0.15, -0.1) is 0 Å². The van der Waals surface area contributed by atoms with Crippen LogP contribution < -0.4 is 0 Å². The summed E-state index contributed by atoms with van der Waals surface area (Å²) in [6, 6.07) is 8.34. The molecule has 104 valence electrons. The van der Waals surface area contributed by atoms with Gasteiger partial charge in [-0.2, -0.15) is 0 Å². The SMILES string of the molecule is CC12OCC(COCc3ccc(I)cc3)(CO1)CO2. The Hall–Kier alpha value is -0.210. The van der Waals surface area contributed by atoms with E-state index >= 15 is 0 Å². The second kappa shape index (κ2) is 5.29. The third-order valence-electron chi connectivity index (χ3n) is 3.51. The van der Waals surface area contributed by atoms with E-state index in [1.807, 2.05) is 6.92 Å². The molecule has 0 atom stereocenters. The summed E-state index contributed by atoms with van der Waals surface area (Å²) in [6.07, 6.45) is 0. The molecule has 1 aromatic carbocycles. The maximum atomic E-state index is 5.81. The molecular weight excluding hydrogens is 359 g/mol. The molecule has 2 bridgehead atoms. The molecule has 3 fully saturated rings. The van der Waals surface area contributed by atoms with Crippen LogP contribution in [-0.2, 0) is 25.6 Å². The van der Waals surface area contributed by atoms with Gasteiger partial charge in [-0.05, 0) is 40.3 Å². The number of hydrogen-bond acceptors (Lipinski definition) is 4. The highest BCUT2D eigenvalue weighted by Crippen LogP contribution is 2.38. The smallest absolute Gasteiger partial charge is 0.279 e. The van der Waals surface area contributed by atoms with Crippen LogP contribution in [0.25, 0.3) is 0 Å². The minimum atomic E-state index is -0.835. The highest BCUT2D eigenvalue weighted by Gasteiger charge is 2.50. The lowest BCUT2D eigenvalue weighted by Gasteiger charge is -2.50. The first-order chi connectivity index (χ1) is 9.09. The molecular formula is C14H17IO4. The molecule has 0 aliphatic carbocycles. The van der Waals surface area contributed by atoms with Crippen molar-refractivity contribution in [3.05, 3.63) is 33.4 Å². The number of benzene rings is 1. The molecule has 1 aromatic rings. The quantitative estimate of drug-likeness (QED) is 0.757. The summed E-state index contributed by atoms with van der Waals surface area (Å²) in [5.41, 5.74) is 1.03. The molecule has 0 unspecified atom stereocenters. The van der Waals surface area contributed by atoms with E-state index in [4.69, 9.17) is 18.9 Å². The van der Waals surface area contributed by atoms with E-state index in [0.29, 0.717) is 33.0 Å². The monoisotopic (exact) mass is 376 g/mol. The van der Waals surface area contributed by atoms with Crippen LogP contribution in [0, 0.1) is 8.99 Å². The van der Waals surface area contributed by atoms with Crippen LogP contribution in [0.15, 0.2) is 24.3 Å². The Morgan fingerprint density at radius 2 is 1.68 bits per heavy atom. The van der Waals surface area contributed by atoms with Gasteiger partial charge in [0.25, 0.3) is 5.97 Å². The van der Waals surface area contributed by atoms with Gasteiger partial charge in [0.15, 0.2) is 0 Å². The van der Waals surface area contributed by atoms with Gasteiger partial charge in [0.1, 0.15) is 0 Å². The second-order valence-electron chi connectivity index (χ2n) is 5.35. The molecule has 5 heteroatoms. The number of rotatable bonds is 4. The molecule has 4 rings (SSSR count). The predicted octanol–water partition coefficient (Wildman–Crippen LogP) is 2.54. The van der Waals surface area contributed by atoms with Crippen LogP contribution in [0.1, 0.15) is 12.5 Å². The average Bonchev–Trinajstić information content (AvgIpc) is 2.43. The molecule has 0 radical (unpaired) electrons. The Bertz CT molecular complexity index is 421.